The number of carbonyl (C=O) groups excluding carboxylic acids is 3. The standard InChI is InChI=1S/C26H36N4O12/c1-8-38-12-11-20(39-9-2)41-26(33)42-24(15(4)5)29-27-21(22(28-29)25(32)40-10-3)23(31)16-13-18(36-6)19(37-7)14-17(16)30(34)35/h13-15,20,24H,8-12H2,1-7H3. The molecule has 0 fully saturated rings. The summed E-state index contributed by atoms with van der Waals surface area (Å²) in [5.74, 6) is -2.52. The minimum Gasteiger partial charge on any atom is -0.493 e. The zero-order valence-electron chi connectivity index (χ0n) is 24.6. The predicted octanol–water partition coefficient (Wildman–Crippen LogP) is 3.71. The summed E-state index contributed by atoms with van der Waals surface area (Å²) in [4.78, 5) is 51.0. The molecule has 16 heteroatoms. The van der Waals surface area contributed by atoms with Gasteiger partial charge in [0.05, 0.1) is 38.4 Å². The van der Waals surface area contributed by atoms with Crippen molar-refractivity contribution in [2.45, 2.75) is 53.6 Å². The lowest BCUT2D eigenvalue weighted by Crippen LogP contribution is -2.29. The number of nitrogens with zero attached hydrogens (tertiary/aromatic N) is 4. The Kier molecular flexibility index (Phi) is 13.1. The number of ketones is 1. The predicted molar refractivity (Wildman–Crippen MR) is 144 cm³/mol. The van der Waals surface area contributed by atoms with Crippen LogP contribution in [0.25, 0.3) is 0 Å². The number of hydrogen-bond acceptors (Lipinski definition) is 14. The van der Waals surface area contributed by atoms with Crippen LogP contribution in [0.5, 0.6) is 11.5 Å². The summed E-state index contributed by atoms with van der Waals surface area (Å²) < 4.78 is 36.7. The summed E-state index contributed by atoms with van der Waals surface area (Å²) in [7, 11) is 2.56. The first-order valence-electron chi connectivity index (χ1n) is 13.2. The van der Waals surface area contributed by atoms with Crippen molar-refractivity contribution in [2.75, 3.05) is 40.6 Å². The molecular weight excluding hydrogens is 560 g/mol. The van der Waals surface area contributed by atoms with E-state index in [1.165, 1.54) is 14.2 Å². The fraction of sp³-hybridized carbons (Fsp3) is 0.577. The molecule has 1 aromatic carbocycles. The summed E-state index contributed by atoms with van der Waals surface area (Å²) in [5.41, 5.74) is -2.20. The third-order valence-corrected chi connectivity index (χ3v) is 5.55. The minimum atomic E-state index is -1.26. The first kappa shape index (κ1) is 33.9. The number of methoxy groups -OCH3 is 2. The molecule has 0 aliphatic carbocycles. The smallest absolute Gasteiger partial charge is 0.493 e. The molecule has 0 saturated carbocycles. The van der Waals surface area contributed by atoms with Crippen LogP contribution >= 0.6 is 0 Å². The van der Waals surface area contributed by atoms with Crippen molar-refractivity contribution in [3.05, 3.63) is 39.2 Å². The Morgan fingerprint density at radius 3 is 2.14 bits per heavy atom. The van der Waals surface area contributed by atoms with Gasteiger partial charge < -0.3 is 33.2 Å². The van der Waals surface area contributed by atoms with Crippen molar-refractivity contribution in [3.63, 3.8) is 0 Å². The summed E-state index contributed by atoms with van der Waals surface area (Å²) in [5, 5.41) is 20.0. The van der Waals surface area contributed by atoms with Gasteiger partial charge in [-0.1, -0.05) is 13.8 Å². The Bertz CT molecular complexity index is 1250. The quantitative estimate of drug-likeness (QED) is 0.0641. The molecule has 2 rings (SSSR count). The normalized spacial score (nSPS) is 12.4. The number of rotatable bonds is 17. The molecule has 0 aliphatic rings. The molecule has 0 aliphatic heterocycles. The van der Waals surface area contributed by atoms with Crippen molar-refractivity contribution >= 4 is 23.6 Å². The molecule has 1 aromatic heterocycles. The number of esters is 1. The van der Waals surface area contributed by atoms with Gasteiger partial charge in [-0.15, -0.1) is 15.0 Å². The molecular formula is C26H36N4O12. The third-order valence-electron chi connectivity index (χ3n) is 5.55. The first-order valence-corrected chi connectivity index (χ1v) is 13.2. The van der Waals surface area contributed by atoms with Gasteiger partial charge in [-0.2, -0.15) is 0 Å². The Hall–Kier alpha value is -4.31. The Labute approximate surface area is 242 Å². The van der Waals surface area contributed by atoms with Gasteiger partial charge in [0.1, 0.15) is 5.56 Å². The van der Waals surface area contributed by atoms with Crippen molar-refractivity contribution in [1.29, 1.82) is 0 Å². The number of aromatic nitrogens is 3. The van der Waals surface area contributed by atoms with Crippen molar-refractivity contribution in [1.82, 2.24) is 15.0 Å². The average molecular weight is 597 g/mol. The lowest BCUT2D eigenvalue weighted by atomic mass is 10.0. The Morgan fingerprint density at radius 1 is 0.952 bits per heavy atom. The summed E-state index contributed by atoms with van der Waals surface area (Å²) in [6, 6.07) is 2.11. The van der Waals surface area contributed by atoms with Crippen LogP contribution in [-0.2, 0) is 23.7 Å². The molecule has 0 spiro atoms. The van der Waals surface area contributed by atoms with E-state index < -0.39 is 63.9 Å². The molecule has 2 unspecified atom stereocenters. The van der Waals surface area contributed by atoms with E-state index in [9.17, 15) is 24.5 Å². The topological polar surface area (TPSA) is 190 Å². The maximum absolute atomic E-state index is 13.7. The average Bonchev–Trinajstić information content (AvgIpc) is 3.40. The van der Waals surface area contributed by atoms with Gasteiger partial charge in [0, 0.05) is 31.6 Å². The van der Waals surface area contributed by atoms with E-state index in [1.54, 1.807) is 27.7 Å². The van der Waals surface area contributed by atoms with E-state index in [2.05, 4.69) is 10.2 Å². The molecule has 2 atom stereocenters. The van der Waals surface area contributed by atoms with Crippen LogP contribution < -0.4 is 9.47 Å². The monoisotopic (exact) mass is 596 g/mol. The van der Waals surface area contributed by atoms with Crippen LogP contribution in [0.15, 0.2) is 12.1 Å². The van der Waals surface area contributed by atoms with Crippen LogP contribution in [0, 0.1) is 16.0 Å². The zero-order valence-corrected chi connectivity index (χ0v) is 24.6. The molecule has 1 heterocycles. The minimum absolute atomic E-state index is 0.00779. The van der Waals surface area contributed by atoms with E-state index >= 15 is 0 Å². The van der Waals surface area contributed by atoms with Crippen molar-refractivity contribution in [2.24, 2.45) is 5.92 Å². The van der Waals surface area contributed by atoms with Crippen molar-refractivity contribution in [3.8, 4) is 11.5 Å². The lowest BCUT2D eigenvalue weighted by molar-refractivity contribution is -0.385. The van der Waals surface area contributed by atoms with Crippen LogP contribution in [0.2, 0.25) is 0 Å². The number of benzene rings is 1. The molecule has 0 N–H and O–H groups in total. The Morgan fingerprint density at radius 2 is 1.60 bits per heavy atom. The molecule has 2 aromatic rings. The SMILES string of the molecule is CCOCCC(OCC)OC(=O)OC(C(C)C)n1nc(C(=O)OCC)c(C(=O)c2cc(OC)c(OC)cc2[N+](=O)[O-])n1. The maximum Gasteiger partial charge on any atom is 0.512 e. The van der Waals surface area contributed by atoms with Gasteiger partial charge in [0.2, 0.25) is 24.0 Å². The Balaban J connectivity index is 2.53. The van der Waals surface area contributed by atoms with Crippen LogP contribution in [-0.4, -0.2) is 84.8 Å². The third kappa shape index (κ3) is 8.59. The summed E-state index contributed by atoms with van der Waals surface area (Å²) in [6.07, 6.45) is -3.09. The molecule has 0 saturated heterocycles. The fourth-order valence-electron chi connectivity index (χ4n) is 3.62. The zero-order chi connectivity index (χ0) is 31.4. The second-order valence-corrected chi connectivity index (χ2v) is 8.74. The van der Waals surface area contributed by atoms with E-state index in [0.29, 0.717) is 6.61 Å². The highest BCUT2D eigenvalue weighted by molar-refractivity contribution is 6.14. The number of ether oxygens (including phenoxy) is 7. The van der Waals surface area contributed by atoms with E-state index in [-0.39, 0.29) is 37.7 Å². The highest BCUT2D eigenvalue weighted by Gasteiger charge is 2.35. The summed E-state index contributed by atoms with van der Waals surface area (Å²) in [6.45, 7) is 9.37. The van der Waals surface area contributed by atoms with Crippen LogP contribution in [0.4, 0.5) is 10.5 Å². The number of carbonyl (C=O) groups is 3. The van der Waals surface area contributed by atoms with Gasteiger partial charge in [-0.05, 0) is 20.8 Å². The van der Waals surface area contributed by atoms with Crippen LogP contribution in [0.3, 0.4) is 0 Å². The second kappa shape index (κ2) is 16.2. The molecule has 0 amide bonds. The number of nitro benzene ring substituents is 1. The molecule has 16 nitrogen and oxygen atoms in total. The summed E-state index contributed by atoms with van der Waals surface area (Å²) >= 11 is 0. The second-order valence-electron chi connectivity index (χ2n) is 8.74. The van der Waals surface area contributed by atoms with Gasteiger partial charge in [0.15, 0.2) is 17.2 Å². The van der Waals surface area contributed by atoms with Gasteiger partial charge in [0.25, 0.3) is 5.69 Å². The van der Waals surface area contributed by atoms with E-state index in [4.69, 9.17) is 33.2 Å². The van der Waals surface area contributed by atoms with Crippen LogP contribution in [0.1, 0.15) is 73.8 Å². The number of nitro groups is 1. The first-order chi connectivity index (χ1) is 20.0. The highest BCUT2D eigenvalue weighted by atomic mass is 16.8. The highest BCUT2D eigenvalue weighted by Crippen LogP contribution is 2.36. The van der Waals surface area contributed by atoms with Crippen molar-refractivity contribution < 1.29 is 52.5 Å². The molecule has 232 valence electrons. The van der Waals surface area contributed by atoms with E-state index in [1.807, 2.05) is 6.92 Å². The molecule has 0 radical (unpaired) electrons. The fourth-order valence-corrected chi connectivity index (χ4v) is 3.62. The maximum atomic E-state index is 13.7. The van der Waals surface area contributed by atoms with E-state index in [0.717, 1.165) is 16.9 Å². The van der Waals surface area contributed by atoms with Gasteiger partial charge >= 0.3 is 12.1 Å². The molecule has 0 bridgehead atoms. The lowest BCUT2D eigenvalue weighted by Gasteiger charge is -2.22. The number of hydrogen-bond donors (Lipinski definition) is 0. The molecule has 42 heavy (non-hydrogen) atoms. The van der Waals surface area contributed by atoms with Gasteiger partial charge in [-0.3, -0.25) is 14.9 Å². The largest absolute Gasteiger partial charge is 0.512 e. The van der Waals surface area contributed by atoms with Gasteiger partial charge in [-0.25, -0.2) is 9.59 Å².